The van der Waals surface area contributed by atoms with Crippen molar-refractivity contribution >= 4 is 15.9 Å². The van der Waals surface area contributed by atoms with E-state index in [0.29, 0.717) is 6.04 Å². The molecule has 3 rings (SSSR count). The molecule has 0 saturated carbocycles. The quantitative estimate of drug-likeness (QED) is 0.889. The maximum absolute atomic E-state index is 5.84. The average Bonchev–Trinajstić information content (AvgIpc) is 2.90. The van der Waals surface area contributed by atoms with Gasteiger partial charge in [0.2, 0.25) is 0 Å². The highest BCUT2D eigenvalue weighted by Gasteiger charge is 2.22. The van der Waals surface area contributed by atoms with Crippen molar-refractivity contribution in [2.24, 2.45) is 0 Å². The predicted molar refractivity (Wildman–Crippen MR) is 81.9 cm³/mol. The summed E-state index contributed by atoms with van der Waals surface area (Å²) in [4.78, 5) is 0. The zero-order chi connectivity index (χ0) is 13.9. The van der Waals surface area contributed by atoms with E-state index in [0.717, 1.165) is 35.4 Å². The van der Waals surface area contributed by atoms with Gasteiger partial charge in [0.15, 0.2) is 0 Å². The van der Waals surface area contributed by atoms with Crippen LogP contribution < -0.4 is 10.1 Å². The molecule has 1 unspecified atom stereocenters. The van der Waals surface area contributed by atoms with Crippen LogP contribution in [-0.4, -0.2) is 6.61 Å². The molecule has 20 heavy (non-hydrogen) atoms. The number of furan rings is 1. The lowest BCUT2D eigenvalue weighted by Crippen LogP contribution is -2.24. The number of ether oxygens (including phenoxy) is 1. The van der Waals surface area contributed by atoms with Crippen LogP contribution in [0, 0.1) is 0 Å². The molecular weight excluding hydrogens is 318 g/mol. The average molecular weight is 336 g/mol. The van der Waals surface area contributed by atoms with Crippen molar-refractivity contribution in [3.63, 3.8) is 0 Å². The Labute approximate surface area is 127 Å². The summed E-state index contributed by atoms with van der Waals surface area (Å²) in [7, 11) is 0. The zero-order valence-corrected chi connectivity index (χ0v) is 13.0. The maximum atomic E-state index is 5.84. The first kappa shape index (κ1) is 13.7. The van der Waals surface area contributed by atoms with Crippen LogP contribution in [-0.2, 0) is 0 Å². The van der Waals surface area contributed by atoms with Crippen LogP contribution >= 0.6 is 15.9 Å². The maximum Gasteiger partial charge on any atom is 0.125 e. The molecule has 0 spiro atoms. The number of rotatable bonds is 3. The minimum Gasteiger partial charge on any atom is -0.493 e. The highest BCUT2D eigenvalue weighted by Crippen LogP contribution is 2.35. The van der Waals surface area contributed by atoms with E-state index in [1.54, 1.807) is 6.26 Å². The van der Waals surface area contributed by atoms with Crippen LogP contribution in [0.15, 0.2) is 45.5 Å². The molecule has 4 heteroatoms. The van der Waals surface area contributed by atoms with Crippen molar-refractivity contribution in [2.75, 3.05) is 6.61 Å². The molecule has 0 saturated heterocycles. The summed E-state index contributed by atoms with van der Waals surface area (Å²) in [5, 5.41) is 3.65. The Balaban J connectivity index is 1.83. The summed E-state index contributed by atoms with van der Waals surface area (Å²) in [5.74, 6) is 1.94. The van der Waals surface area contributed by atoms with E-state index in [-0.39, 0.29) is 6.04 Å². The van der Waals surface area contributed by atoms with Crippen LogP contribution in [0.1, 0.15) is 43.2 Å². The molecule has 106 valence electrons. The van der Waals surface area contributed by atoms with Crippen LogP contribution in [0.3, 0.4) is 0 Å². The Bertz CT molecular complexity index is 568. The molecule has 0 amide bonds. The molecule has 2 aromatic rings. The van der Waals surface area contributed by atoms with Crippen molar-refractivity contribution in [3.05, 3.63) is 52.4 Å². The molecule has 1 aliphatic rings. The monoisotopic (exact) mass is 335 g/mol. The van der Waals surface area contributed by atoms with E-state index in [9.17, 15) is 0 Å². The number of nitrogens with one attached hydrogen (secondary N) is 1. The zero-order valence-electron chi connectivity index (χ0n) is 11.4. The Morgan fingerprint density at radius 2 is 2.25 bits per heavy atom. The van der Waals surface area contributed by atoms with E-state index in [2.05, 4.69) is 40.3 Å². The minimum atomic E-state index is 0.185. The van der Waals surface area contributed by atoms with Crippen molar-refractivity contribution < 1.29 is 9.15 Å². The SMILES string of the molecule is C[C@H](NC1CCCOc2cc(Br)ccc21)c1ccco1. The van der Waals surface area contributed by atoms with Crippen molar-refractivity contribution in [1.29, 1.82) is 0 Å². The lowest BCUT2D eigenvalue weighted by molar-refractivity contribution is 0.313. The number of benzene rings is 1. The van der Waals surface area contributed by atoms with Crippen molar-refractivity contribution in [1.82, 2.24) is 5.32 Å². The lowest BCUT2D eigenvalue weighted by Gasteiger charge is -2.22. The first-order valence-electron chi connectivity index (χ1n) is 6.96. The summed E-state index contributed by atoms with van der Waals surface area (Å²) in [6.45, 7) is 2.90. The van der Waals surface area contributed by atoms with Gasteiger partial charge in [-0.2, -0.15) is 0 Å². The number of halogens is 1. The topological polar surface area (TPSA) is 34.4 Å². The normalized spacial score (nSPS) is 19.8. The number of hydrogen-bond donors (Lipinski definition) is 1. The van der Waals surface area contributed by atoms with Gasteiger partial charge in [0, 0.05) is 16.1 Å². The van der Waals surface area contributed by atoms with E-state index in [1.807, 2.05) is 18.2 Å². The Hall–Kier alpha value is -1.26. The van der Waals surface area contributed by atoms with Gasteiger partial charge in [0.05, 0.1) is 18.9 Å². The molecule has 1 aromatic heterocycles. The Morgan fingerprint density at radius 3 is 3.05 bits per heavy atom. The molecule has 2 heterocycles. The standard InChI is InChI=1S/C16H18BrNO2/c1-11(15-5-3-9-19-15)18-14-4-2-8-20-16-10-12(17)6-7-13(14)16/h3,5-7,9-11,14,18H,2,4,8H2,1H3/t11-,14?/m0/s1. The lowest BCUT2D eigenvalue weighted by atomic mass is 10.0. The molecule has 1 aromatic carbocycles. The van der Waals surface area contributed by atoms with Crippen LogP contribution in [0.2, 0.25) is 0 Å². The van der Waals surface area contributed by atoms with Gasteiger partial charge < -0.3 is 14.5 Å². The summed E-state index contributed by atoms with van der Waals surface area (Å²) in [5.41, 5.74) is 1.23. The summed E-state index contributed by atoms with van der Waals surface area (Å²) in [6.07, 6.45) is 3.84. The fourth-order valence-corrected chi connectivity index (χ4v) is 2.98. The highest BCUT2D eigenvalue weighted by atomic mass is 79.9. The summed E-state index contributed by atoms with van der Waals surface area (Å²) < 4.78 is 12.4. The first-order valence-corrected chi connectivity index (χ1v) is 7.75. The molecule has 0 bridgehead atoms. The van der Waals surface area contributed by atoms with Gasteiger partial charge in [-0.25, -0.2) is 0 Å². The van der Waals surface area contributed by atoms with E-state index >= 15 is 0 Å². The molecule has 3 nitrogen and oxygen atoms in total. The predicted octanol–water partition coefficient (Wildman–Crippen LogP) is 4.61. The summed E-state index contributed by atoms with van der Waals surface area (Å²) in [6, 6.07) is 10.7. The molecular formula is C16H18BrNO2. The van der Waals surface area contributed by atoms with Crippen molar-refractivity contribution in [2.45, 2.75) is 31.8 Å². The number of fused-ring (bicyclic) bond motifs is 1. The van der Waals surface area contributed by atoms with Gasteiger partial charge in [-0.15, -0.1) is 0 Å². The fraction of sp³-hybridized carbons (Fsp3) is 0.375. The molecule has 1 aliphatic heterocycles. The molecule has 0 fully saturated rings. The van der Waals surface area contributed by atoms with Crippen LogP contribution in [0.4, 0.5) is 0 Å². The minimum absolute atomic E-state index is 0.185. The Morgan fingerprint density at radius 1 is 1.35 bits per heavy atom. The number of hydrogen-bond acceptors (Lipinski definition) is 3. The first-order chi connectivity index (χ1) is 9.74. The second-order valence-corrected chi connectivity index (χ2v) is 6.04. The van der Waals surface area contributed by atoms with E-state index in [1.165, 1.54) is 5.56 Å². The highest BCUT2D eigenvalue weighted by molar-refractivity contribution is 9.10. The fourth-order valence-electron chi connectivity index (χ4n) is 2.64. The van der Waals surface area contributed by atoms with Crippen molar-refractivity contribution in [3.8, 4) is 5.75 Å². The second kappa shape index (κ2) is 6.02. The largest absolute Gasteiger partial charge is 0.493 e. The van der Waals surface area contributed by atoms with Gasteiger partial charge in [-0.1, -0.05) is 22.0 Å². The third-order valence-corrected chi connectivity index (χ3v) is 4.16. The van der Waals surface area contributed by atoms with Crippen LogP contribution in [0.5, 0.6) is 5.75 Å². The second-order valence-electron chi connectivity index (χ2n) is 5.13. The molecule has 0 aliphatic carbocycles. The molecule has 0 radical (unpaired) electrons. The van der Waals surface area contributed by atoms with E-state index < -0.39 is 0 Å². The summed E-state index contributed by atoms with van der Waals surface area (Å²) >= 11 is 3.50. The third kappa shape index (κ3) is 2.91. The van der Waals surface area contributed by atoms with Gasteiger partial charge in [0.25, 0.3) is 0 Å². The van der Waals surface area contributed by atoms with Gasteiger partial charge >= 0.3 is 0 Å². The van der Waals surface area contributed by atoms with Gasteiger partial charge in [0.1, 0.15) is 11.5 Å². The van der Waals surface area contributed by atoms with Gasteiger partial charge in [-0.3, -0.25) is 0 Å². The Kier molecular flexibility index (Phi) is 4.13. The smallest absolute Gasteiger partial charge is 0.125 e. The van der Waals surface area contributed by atoms with E-state index in [4.69, 9.17) is 9.15 Å². The molecule has 2 atom stereocenters. The third-order valence-electron chi connectivity index (χ3n) is 3.67. The molecule has 1 N–H and O–H groups in total. The van der Waals surface area contributed by atoms with Gasteiger partial charge in [-0.05, 0) is 44.0 Å². The van der Waals surface area contributed by atoms with Crippen LogP contribution in [0.25, 0.3) is 0 Å².